The molecule has 0 aromatic rings. The van der Waals surface area contributed by atoms with Crippen LogP contribution in [0.3, 0.4) is 0 Å². The Kier molecular flexibility index (Phi) is 6.39. The molecule has 2 amide bonds. The van der Waals surface area contributed by atoms with Crippen molar-refractivity contribution in [2.75, 3.05) is 13.7 Å². The standard InChI is InChI=1S/C9H16N2O3/c1-3-4-5-7(9(10)13)11-8(12)6-14-2/h3,7H,1,4-6H2,2H3,(H2,10,13)(H,11,12)/t7-/m0/s1. The number of nitrogens with two attached hydrogens (primary N) is 1. The molecule has 5 heteroatoms. The van der Waals surface area contributed by atoms with E-state index in [9.17, 15) is 9.59 Å². The molecule has 0 radical (unpaired) electrons. The highest BCUT2D eigenvalue weighted by Crippen LogP contribution is 1.97. The fourth-order valence-electron chi connectivity index (χ4n) is 0.937. The van der Waals surface area contributed by atoms with Crippen molar-refractivity contribution in [3.05, 3.63) is 12.7 Å². The zero-order chi connectivity index (χ0) is 11.0. The summed E-state index contributed by atoms with van der Waals surface area (Å²) < 4.78 is 4.60. The minimum Gasteiger partial charge on any atom is -0.375 e. The van der Waals surface area contributed by atoms with Gasteiger partial charge in [-0.2, -0.15) is 0 Å². The van der Waals surface area contributed by atoms with Gasteiger partial charge in [0.2, 0.25) is 11.8 Å². The van der Waals surface area contributed by atoms with Crippen molar-refractivity contribution in [1.29, 1.82) is 0 Å². The van der Waals surface area contributed by atoms with E-state index in [1.807, 2.05) is 0 Å². The van der Waals surface area contributed by atoms with E-state index in [1.54, 1.807) is 6.08 Å². The number of primary amides is 1. The lowest BCUT2D eigenvalue weighted by atomic mass is 10.1. The monoisotopic (exact) mass is 200 g/mol. The SMILES string of the molecule is C=CCC[C@H](NC(=O)COC)C(N)=O. The molecule has 3 N–H and O–H groups in total. The number of methoxy groups -OCH3 is 1. The number of nitrogens with one attached hydrogen (secondary N) is 1. The number of carbonyl (C=O) groups excluding carboxylic acids is 2. The smallest absolute Gasteiger partial charge is 0.246 e. The molecule has 0 heterocycles. The quantitative estimate of drug-likeness (QED) is 0.547. The van der Waals surface area contributed by atoms with Gasteiger partial charge in [0.25, 0.3) is 0 Å². The maximum Gasteiger partial charge on any atom is 0.246 e. The van der Waals surface area contributed by atoms with E-state index in [1.165, 1.54) is 7.11 Å². The third-order valence-electron chi connectivity index (χ3n) is 1.61. The first kappa shape index (κ1) is 12.6. The largest absolute Gasteiger partial charge is 0.375 e. The Labute approximate surface area is 83.3 Å². The van der Waals surface area contributed by atoms with E-state index in [2.05, 4.69) is 16.6 Å². The highest BCUT2D eigenvalue weighted by Gasteiger charge is 2.16. The first-order valence-electron chi connectivity index (χ1n) is 4.30. The number of hydrogen-bond acceptors (Lipinski definition) is 3. The van der Waals surface area contributed by atoms with Crippen LogP contribution in [-0.4, -0.2) is 31.6 Å². The highest BCUT2D eigenvalue weighted by atomic mass is 16.5. The van der Waals surface area contributed by atoms with Gasteiger partial charge in [-0.25, -0.2) is 0 Å². The molecule has 0 saturated carbocycles. The molecule has 0 fully saturated rings. The van der Waals surface area contributed by atoms with E-state index in [-0.39, 0.29) is 12.5 Å². The van der Waals surface area contributed by atoms with E-state index in [0.29, 0.717) is 12.8 Å². The fraction of sp³-hybridized carbons (Fsp3) is 0.556. The molecular weight excluding hydrogens is 184 g/mol. The summed E-state index contributed by atoms with van der Waals surface area (Å²) in [5, 5.41) is 2.47. The van der Waals surface area contributed by atoms with Crippen LogP contribution in [0.15, 0.2) is 12.7 Å². The third kappa shape index (κ3) is 5.31. The molecule has 0 aromatic carbocycles. The minimum absolute atomic E-state index is 0.0716. The topological polar surface area (TPSA) is 81.4 Å². The molecule has 0 bridgehead atoms. The second-order valence-corrected chi connectivity index (χ2v) is 2.82. The van der Waals surface area contributed by atoms with Crippen LogP contribution in [0.4, 0.5) is 0 Å². The van der Waals surface area contributed by atoms with Crippen LogP contribution in [0, 0.1) is 0 Å². The number of hydrogen-bond donors (Lipinski definition) is 2. The van der Waals surface area contributed by atoms with Gasteiger partial charge in [0.15, 0.2) is 0 Å². The lowest BCUT2D eigenvalue weighted by Crippen LogP contribution is -2.45. The average molecular weight is 200 g/mol. The zero-order valence-corrected chi connectivity index (χ0v) is 8.29. The average Bonchev–Trinajstić information content (AvgIpc) is 2.12. The summed E-state index contributed by atoms with van der Waals surface area (Å²) in [4.78, 5) is 21.9. The predicted molar refractivity (Wildman–Crippen MR) is 52.4 cm³/mol. The summed E-state index contributed by atoms with van der Waals surface area (Å²) in [5.74, 6) is -0.892. The summed E-state index contributed by atoms with van der Waals surface area (Å²) in [7, 11) is 1.41. The van der Waals surface area contributed by atoms with Crippen LogP contribution >= 0.6 is 0 Å². The number of carbonyl (C=O) groups is 2. The minimum atomic E-state index is -0.643. The number of allylic oxidation sites excluding steroid dienone is 1. The first-order chi connectivity index (χ1) is 6.61. The highest BCUT2D eigenvalue weighted by molar-refractivity contribution is 5.86. The Morgan fingerprint density at radius 3 is 2.71 bits per heavy atom. The van der Waals surface area contributed by atoms with Crippen LogP contribution in [0.2, 0.25) is 0 Å². The Morgan fingerprint density at radius 1 is 1.64 bits per heavy atom. The number of rotatable bonds is 7. The van der Waals surface area contributed by atoms with E-state index >= 15 is 0 Å². The Bertz CT molecular complexity index is 216. The van der Waals surface area contributed by atoms with Gasteiger partial charge in [-0.1, -0.05) is 6.08 Å². The van der Waals surface area contributed by atoms with Gasteiger partial charge in [-0.05, 0) is 12.8 Å². The molecule has 0 aliphatic carbocycles. The van der Waals surface area contributed by atoms with Gasteiger partial charge in [0.1, 0.15) is 12.6 Å². The first-order valence-corrected chi connectivity index (χ1v) is 4.30. The Hall–Kier alpha value is -1.36. The van der Waals surface area contributed by atoms with Crippen molar-refractivity contribution < 1.29 is 14.3 Å². The fourth-order valence-corrected chi connectivity index (χ4v) is 0.937. The molecule has 0 aliphatic rings. The maximum absolute atomic E-state index is 11.1. The van der Waals surface area contributed by atoms with Gasteiger partial charge in [-0.15, -0.1) is 6.58 Å². The van der Waals surface area contributed by atoms with Gasteiger partial charge in [-0.3, -0.25) is 9.59 Å². The van der Waals surface area contributed by atoms with Crippen molar-refractivity contribution in [1.82, 2.24) is 5.32 Å². The molecule has 0 aromatic heterocycles. The lowest BCUT2D eigenvalue weighted by molar-refractivity contribution is -0.129. The van der Waals surface area contributed by atoms with Crippen LogP contribution < -0.4 is 11.1 Å². The molecule has 1 atom stereocenters. The van der Waals surface area contributed by atoms with Crippen LogP contribution in [0.25, 0.3) is 0 Å². The molecule has 80 valence electrons. The molecule has 0 unspecified atom stereocenters. The normalized spacial score (nSPS) is 11.8. The Morgan fingerprint density at radius 2 is 2.29 bits per heavy atom. The summed E-state index contributed by atoms with van der Waals surface area (Å²) in [5.41, 5.74) is 5.09. The van der Waals surface area contributed by atoms with E-state index < -0.39 is 11.9 Å². The number of ether oxygens (including phenoxy) is 1. The van der Waals surface area contributed by atoms with Crippen LogP contribution in [-0.2, 0) is 14.3 Å². The Balaban J connectivity index is 4.01. The summed E-state index contributed by atoms with van der Waals surface area (Å²) in [6, 6.07) is -0.643. The molecule has 5 nitrogen and oxygen atoms in total. The molecule has 0 rings (SSSR count). The maximum atomic E-state index is 11.1. The van der Waals surface area contributed by atoms with Gasteiger partial charge < -0.3 is 15.8 Å². The molecule has 14 heavy (non-hydrogen) atoms. The second kappa shape index (κ2) is 7.08. The van der Waals surface area contributed by atoms with Crippen molar-refractivity contribution in [2.24, 2.45) is 5.73 Å². The van der Waals surface area contributed by atoms with Crippen molar-refractivity contribution in [3.8, 4) is 0 Å². The van der Waals surface area contributed by atoms with Crippen LogP contribution in [0.5, 0.6) is 0 Å². The molecule has 0 aliphatic heterocycles. The second-order valence-electron chi connectivity index (χ2n) is 2.82. The molecule has 0 spiro atoms. The van der Waals surface area contributed by atoms with E-state index in [0.717, 1.165) is 0 Å². The summed E-state index contributed by atoms with van der Waals surface area (Å²) in [6.07, 6.45) is 2.76. The van der Waals surface area contributed by atoms with Gasteiger partial charge in [0.05, 0.1) is 0 Å². The summed E-state index contributed by atoms with van der Waals surface area (Å²) >= 11 is 0. The number of amides is 2. The van der Waals surface area contributed by atoms with Crippen LogP contribution in [0.1, 0.15) is 12.8 Å². The zero-order valence-electron chi connectivity index (χ0n) is 8.29. The lowest BCUT2D eigenvalue weighted by Gasteiger charge is -2.13. The van der Waals surface area contributed by atoms with E-state index in [4.69, 9.17) is 5.73 Å². The van der Waals surface area contributed by atoms with Crippen molar-refractivity contribution in [2.45, 2.75) is 18.9 Å². The molecular formula is C9H16N2O3. The van der Waals surface area contributed by atoms with Gasteiger partial charge >= 0.3 is 0 Å². The predicted octanol–water partition coefficient (Wildman–Crippen LogP) is -0.431. The van der Waals surface area contributed by atoms with Gasteiger partial charge in [0, 0.05) is 7.11 Å². The van der Waals surface area contributed by atoms with Crippen molar-refractivity contribution in [3.63, 3.8) is 0 Å². The molecule has 0 saturated heterocycles. The van der Waals surface area contributed by atoms with Crippen molar-refractivity contribution >= 4 is 11.8 Å². The summed E-state index contributed by atoms with van der Waals surface area (Å²) in [6.45, 7) is 3.45. The third-order valence-corrected chi connectivity index (χ3v) is 1.61.